The van der Waals surface area contributed by atoms with E-state index in [1.54, 1.807) is 12.1 Å². The fraction of sp³-hybridized carbons (Fsp3) is 0.222. The van der Waals surface area contributed by atoms with Gasteiger partial charge in [0.15, 0.2) is 9.84 Å². The van der Waals surface area contributed by atoms with E-state index in [0.29, 0.717) is 11.1 Å². The first-order chi connectivity index (χ1) is 13.1. The van der Waals surface area contributed by atoms with Gasteiger partial charge in [-0.15, -0.1) is 0 Å². The van der Waals surface area contributed by atoms with Gasteiger partial charge >= 0.3 is 6.03 Å². The molecule has 0 aromatic heterocycles. The summed E-state index contributed by atoms with van der Waals surface area (Å²) in [6.45, 7) is 0.134. The molecule has 1 saturated heterocycles. The summed E-state index contributed by atoms with van der Waals surface area (Å²) in [6, 6.07) is 8.08. The first kappa shape index (κ1) is 20.1. The van der Waals surface area contributed by atoms with Gasteiger partial charge in [-0.2, -0.15) is 0 Å². The normalized spacial score (nSPS) is 17.5. The molecule has 1 aliphatic heterocycles. The van der Waals surface area contributed by atoms with Crippen molar-refractivity contribution in [3.8, 4) is 0 Å². The average molecular weight is 426 g/mol. The van der Waals surface area contributed by atoms with E-state index in [2.05, 4.69) is 16.0 Å². The predicted octanol–water partition coefficient (Wildman–Crippen LogP) is 1.77. The van der Waals surface area contributed by atoms with Crippen molar-refractivity contribution < 1.29 is 22.4 Å². The van der Waals surface area contributed by atoms with Crippen LogP contribution >= 0.6 is 11.6 Å². The number of carbonyl (C=O) groups is 2. The highest BCUT2D eigenvalue weighted by Gasteiger charge is 2.29. The second-order valence-electron chi connectivity index (χ2n) is 6.36. The minimum atomic E-state index is -3.38. The van der Waals surface area contributed by atoms with E-state index in [4.69, 9.17) is 11.6 Å². The third-order valence-corrected chi connectivity index (χ3v) is 5.71. The smallest absolute Gasteiger partial charge is 0.315 e. The minimum absolute atomic E-state index is 0.111. The molecule has 1 fully saturated rings. The largest absolute Gasteiger partial charge is 0.343 e. The number of hydrogen-bond donors (Lipinski definition) is 3. The number of halogens is 2. The summed E-state index contributed by atoms with van der Waals surface area (Å²) in [5, 5.41) is 7.66. The van der Waals surface area contributed by atoms with Gasteiger partial charge in [-0.1, -0.05) is 29.8 Å². The van der Waals surface area contributed by atoms with Gasteiger partial charge in [-0.25, -0.2) is 17.6 Å². The van der Waals surface area contributed by atoms with Gasteiger partial charge in [0.1, 0.15) is 11.9 Å². The molecule has 1 aliphatic rings. The van der Waals surface area contributed by atoms with Crippen LogP contribution in [0.3, 0.4) is 0 Å². The molecule has 3 N–H and O–H groups in total. The van der Waals surface area contributed by atoms with Gasteiger partial charge in [0, 0.05) is 12.8 Å². The second-order valence-corrected chi connectivity index (χ2v) is 8.79. The Labute approximate surface area is 166 Å². The molecule has 3 rings (SSSR count). The lowest BCUT2D eigenvalue weighted by Gasteiger charge is -2.22. The number of rotatable bonds is 5. The summed E-state index contributed by atoms with van der Waals surface area (Å²) in [6.07, 6.45) is 1.09. The van der Waals surface area contributed by atoms with Crippen molar-refractivity contribution in [1.82, 2.24) is 16.0 Å². The Balaban J connectivity index is 1.95. The van der Waals surface area contributed by atoms with Crippen molar-refractivity contribution in [1.29, 1.82) is 0 Å². The molecule has 0 radical (unpaired) electrons. The molecule has 2 atom stereocenters. The lowest BCUT2D eigenvalue weighted by molar-refractivity contribution is -0.122. The number of carbonyl (C=O) groups excluding carboxylic acids is 2. The van der Waals surface area contributed by atoms with Crippen molar-refractivity contribution in [2.45, 2.75) is 17.0 Å². The molecule has 3 amide bonds. The van der Waals surface area contributed by atoms with E-state index in [-0.39, 0.29) is 16.5 Å². The maximum Gasteiger partial charge on any atom is 0.315 e. The Morgan fingerprint density at radius 3 is 2.39 bits per heavy atom. The van der Waals surface area contributed by atoms with Gasteiger partial charge < -0.3 is 16.0 Å². The van der Waals surface area contributed by atoms with Crippen LogP contribution in [0.15, 0.2) is 47.4 Å². The van der Waals surface area contributed by atoms with Crippen molar-refractivity contribution in [3.05, 3.63) is 64.4 Å². The van der Waals surface area contributed by atoms with E-state index in [9.17, 15) is 22.4 Å². The Bertz CT molecular complexity index is 1030. The van der Waals surface area contributed by atoms with E-state index >= 15 is 0 Å². The van der Waals surface area contributed by atoms with E-state index in [0.717, 1.165) is 6.26 Å². The van der Waals surface area contributed by atoms with Gasteiger partial charge in [0.05, 0.1) is 16.0 Å². The van der Waals surface area contributed by atoms with E-state index < -0.39 is 39.7 Å². The standard InChI is InChI=1S/C18H17ClFN3O4S/c1-28(26,27)12-5-2-10(3-6-12)16(11-4-7-14(20)13(19)8-11)23-17(24)15-9-21-18(25)22-15/h2-8,15-16H,9H2,1H3,(H,23,24)(H2,21,22,25)/t15-,16-/m0/s1. The number of hydrogen-bond acceptors (Lipinski definition) is 4. The molecule has 0 unspecified atom stereocenters. The van der Waals surface area contributed by atoms with Crippen molar-refractivity contribution in [3.63, 3.8) is 0 Å². The number of urea groups is 1. The minimum Gasteiger partial charge on any atom is -0.343 e. The summed E-state index contributed by atoms with van der Waals surface area (Å²) in [7, 11) is -3.38. The van der Waals surface area contributed by atoms with Crippen LogP contribution in [0.4, 0.5) is 9.18 Å². The highest BCUT2D eigenvalue weighted by molar-refractivity contribution is 7.90. The maximum atomic E-state index is 13.6. The quantitative estimate of drug-likeness (QED) is 0.679. The fourth-order valence-electron chi connectivity index (χ4n) is 2.81. The third kappa shape index (κ3) is 4.42. The van der Waals surface area contributed by atoms with Crippen LogP contribution in [-0.4, -0.2) is 39.2 Å². The zero-order valence-corrected chi connectivity index (χ0v) is 16.3. The Morgan fingerprint density at radius 2 is 1.86 bits per heavy atom. The molecule has 10 heteroatoms. The van der Waals surface area contributed by atoms with Crippen LogP contribution < -0.4 is 16.0 Å². The number of benzene rings is 2. The Hall–Kier alpha value is -2.65. The Kier molecular flexibility index (Phi) is 5.57. The van der Waals surface area contributed by atoms with Crippen LogP contribution in [-0.2, 0) is 14.6 Å². The fourth-order valence-corrected chi connectivity index (χ4v) is 3.63. The lowest BCUT2D eigenvalue weighted by atomic mass is 9.98. The molecular weight excluding hydrogens is 409 g/mol. The van der Waals surface area contributed by atoms with Crippen molar-refractivity contribution in [2.75, 3.05) is 12.8 Å². The average Bonchev–Trinajstić information content (AvgIpc) is 3.08. The molecule has 0 saturated carbocycles. The van der Waals surface area contributed by atoms with Gasteiger partial charge in [-0.05, 0) is 35.4 Å². The molecule has 0 aliphatic carbocycles. The molecule has 0 bridgehead atoms. The molecule has 148 valence electrons. The Morgan fingerprint density at radius 1 is 1.21 bits per heavy atom. The van der Waals surface area contributed by atoms with Crippen LogP contribution in [0, 0.1) is 5.82 Å². The first-order valence-electron chi connectivity index (χ1n) is 8.25. The highest BCUT2D eigenvalue weighted by Crippen LogP contribution is 2.27. The molecule has 28 heavy (non-hydrogen) atoms. The zero-order valence-electron chi connectivity index (χ0n) is 14.7. The molecule has 7 nitrogen and oxygen atoms in total. The van der Waals surface area contributed by atoms with Gasteiger partial charge in [0.2, 0.25) is 5.91 Å². The summed E-state index contributed by atoms with van der Waals surface area (Å²) >= 11 is 5.88. The summed E-state index contributed by atoms with van der Waals surface area (Å²) in [4.78, 5) is 24.0. The van der Waals surface area contributed by atoms with E-state index in [1.165, 1.54) is 30.3 Å². The molecule has 0 spiro atoms. The highest BCUT2D eigenvalue weighted by atomic mass is 35.5. The van der Waals surface area contributed by atoms with Crippen LogP contribution in [0.5, 0.6) is 0 Å². The van der Waals surface area contributed by atoms with Crippen LogP contribution in [0.2, 0.25) is 5.02 Å². The number of nitrogens with one attached hydrogen (secondary N) is 3. The van der Waals surface area contributed by atoms with Crippen molar-refractivity contribution >= 4 is 33.4 Å². The maximum absolute atomic E-state index is 13.6. The molecule has 2 aromatic rings. The molecular formula is C18H17ClFN3O4S. The van der Waals surface area contributed by atoms with E-state index in [1.807, 2.05) is 0 Å². The zero-order chi connectivity index (χ0) is 20.5. The second kappa shape index (κ2) is 7.76. The first-order valence-corrected chi connectivity index (χ1v) is 10.5. The number of sulfone groups is 1. The SMILES string of the molecule is CS(=O)(=O)c1ccc([C@H](NC(=O)[C@@H]2CNC(=O)N2)c2ccc(F)c(Cl)c2)cc1. The molecule has 1 heterocycles. The summed E-state index contributed by atoms with van der Waals surface area (Å²) in [5.41, 5.74) is 1.07. The monoisotopic (exact) mass is 425 g/mol. The van der Waals surface area contributed by atoms with Crippen LogP contribution in [0.25, 0.3) is 0 Å². The van der Waals surface area contributed by atoms with Gasteiger partial charge in [0.25, 0.3) is 0 Å². The predicted molar refractivity (Wildman–Crippen MR) is 101 cm³/mol. The van der Waals surface area contributed by atoms with Crippen LogP contribution in [0.1, 0.15) is 17.2 Å². The third-order valence-electron chi connectivity index (χ3n) is 4.29. The molecule has 2 aromatic carbocycles. The lowest BCUT2D eigenvalue weighted by Crippen LogP contribution is -2.44. The van der Waals surface area contributed by atoms with Gasteiger partial charge in [-0.3, -0.25) is 4.79 Å². The number of amides is 3. The topological polar surface area (TPSA) is 104 Å². The summed E-state index contributed by atoms with van der Waals surface area (Å²) in [5.74, 6) is -1.05. The van der Waals surface area contributed by atoms with Crippen molar-refractivity contribution in [2.24, 2.45) is 0 Å². The summed E-state index contributed by atoms with van der Waals surface area (Å²) < 4.78 is 36.9.